The summed E-state index contributed by atoms with van der Waals surface area (Å²) in [6, 6.07) is 0.460. The number of fused-ring (bicyclic) bond motifs is 3. The smallest absolute Gasteiger partial charge is 0.100 e. The molecule has 0 amide bonds. The molecule has 0 radical (unpaired) electrons. The van der Waals surface area contributed by atoms with Crippen LogP contribution in [0.25, 0.3) is 0 Å². The van der Waals surface area contributed by atoms with E-state index in [-0.39, 0.29) is 0 Å². The maximum atomic E-state index is 5.39. The highest BCUT2D eigenvalue weighted by Gasteiger charge is 2.38. The summed E-state index contributed by atoms with van der Waals surface area (Å²) < 4.78 is 0. The van der Waals surface area contributed by atoms with Crippen LogP contribution in [0.4, 0.5) is 0 Å². The van der Waals surface area contributed by atoms with Crippen LogP contribution >= 0.6 is 12.2 Å². The average Bonchev–Trinajstić information content (AvgIpc) is 2.29. The number of nitrogens with zero attached hydrogens (tertiary/aromatic N) is 2. The molecule has 0 bridgehead atoms. The van der Waals surface area contributed by atoms with Gasteiger partial charge in [0.1, 0.15) is 4.99 Å². The molecular formula is C12H16N2S. The molecule has 2 aliphatic heterocycles. The highest BCUT2D eigenvalue weighted by atomic mass is 32.1. The minimum atomic E-state index is 0.460. The van der Waals surface area contributed by atoms with Gasteiger partial charge < -0.3 is 4.90 Å². The highest BCUT2D eigenvalue weighted by Crippen LogP contribution is 2.36. The van der Waals surface area contributed by atoms with Gasteiger partial charge in [-0.05, 0) is 25.2 Å². The van der Waals surface area contributed by atoms with Gasteiger partial charge in [0.05, 0.1) is 12.6 Å². The largest absolute Gasteiger partial charge is 0.356 e. The van der Waals surface area contributed by atoms with Crippen molar-refractivity contribution in [1.29, 1.82) is 0 Å². The van der Waals surface area contributed by atoms with Crippen molar-refractivity contribution in [2.24, 2.45) is 16.8 Å². The van der Waals surface area contributed by atoms with Gasteiger partial charge in [0.2, 0.25) is 0 Å². The van der Waals surface area contributed by atoms with E-state index in [0.717, 1.165) is 24.0 Å². The molecule has 1 aliphatic carbocycles. The zero-order valence-corrected chi connectivity index (χ0v) is 9.62. The van der Waals surface area contributed by atoms with Crippen LogP contribution in [0.3, 0.4) is 0 Å². The van der Waals surface area contributed by atoms with Crippen molar-refractivity contribution in [2.45, 2.75) is 25.3 Å². The minimum absolute atomic E-state index is 0.460. The molecule has 80 valence electrons. The second-order valence-corrected chi connectivity index (χ2v) is 5.17. The van der Waals surface area contributed by atoms with Crippen molar-refractivity contribution in [1.82, 2.24) is 4.90 Å². The molecule has 3 unspecified atom stereocenters. The predicted molar refractivity (Wildman–Crippen MR) is 66.4 cm³/mol. The van der Waals surface area contributed by atoms with Crippen molar-refractivity contribution in [3.8, 4) is 0 Å². The minimum Gasteiger partial charge on any atom is -0.356 e. The Morgan fingerprint density at radius 2 is 2.33 bits per heavy atom. The van der Waals surface area contributed by atoms with Gasteiger partial charge in [-0.1, -0.05) is 24.4 Å². The summed E-state index contributed by atoms with van der Waals surface area (Å²) in [5.74, 6) is 1.53. The summed E-state index contributed by atoms with van der Waals surface area (Å²) in [6.07, 6.45) is 10.8. The molecule has 15 heavy (non-hydrogen) atoms. The number of piperidine rings is 1. The topological polar surface area (TPSA) is 15.6 Å². The van der Waals surface area contributed by atoms with E-state index in [2.05, 4.69) is 28.3 Å². The van der Waals surface area contributed by atoms with Gasteiger partial charge in [-0.2, -0.15) is 0 Å². The van der Waals surface area contributed by atoms with E-state index in [0.29, 0.717) is 12.0 Å². The van der Waals surface area contributed by atoms with E-state index in [1.165, 1.54) is 19.3 Å². The normalized spacial score (nSPS) is 38.8. The maximum Gasteiger partial charge on any atom is 0.100 e. The van der Waals surface area contributed by atoms with Crippen LogP contribution in [0.1, 0.15) is 19.3 Å². The van der Waals surface area contributed by atoms with Crippen LogP contribution in [0.15, 0.2) is 17.1 Å². The van der Waals surface area contributed by atoms with E-state index >= 15 is 0 Å². The van der Waals surface area contributed by atoms with Gasteiger partial charge in [-0.25, -0.2) is 0 Å². The summed E-state index contributed by atoms with van der Waals surface area (Å²) in [5, 5.41) is 0. The summed E-state index contributed by atoms with van der Waals surface area (Å²) >= 11 is 5.39. The van der Waals surface area contributed by atoms with E-state index in [1.54, 1.807) is 0 Å². The molecule has 3 heteroatoms. The van der Waals surface area contributed by atoms with Crippen molar-refractivity contribution in [3.63, 3.8) is 0 Å². The summed E-state index contributed by atoms with van der Waals surface area (Å²) in [5.41, 5.74) is 0. The molecule has 2 heterocycles. The summed E-state index contributed by atoms with van der Waals surface area (Å²) in [7, 11) is 0. The van der Waals surface area contributed by atoms with Crippen molar-refractivity contribution in [2.75, 3.05) is 13.1 Å². The summed E-state index contributed by atoms with van der Waals surface area (Å²) in [6.45, 7) is 1.87. The first-order chi connectivity index (χ1) is 7.36. The molecule has 1 saturated heterocycles. The van der Waals surface area contributed by atoms with Gasteiger partial charge in [0.15, 0.2) is 0 Å². The molecule has 3 rings (SSSR count). The van der Waals surface area contributed by atoms with E-state index in [4.69, 9.17) is 12.2 Å². The van der Waals surface area contributed by atoms with Crippen LogP contribution in [0, 0.1) is 11.8 Å². The third-order valence-corrected chi connectivity index (χ3v) is 4.27. The number of hydrogen-bond acceptors (Lipinski definition) is 2. The van der Waals surface area contributed by atoms with Gasteiger partial charge in [0, 0.05) is 18.7 Å². The number of allylic oxidation sites excluding steroid dienone is 1. The van der Waals surface area contributed by atoms with Crippen LogP contribution in [0.5, 0.6) is 0 Å². The standard InChI is InChI=1S/C12H16N2S/c15-12-8-13-7-11-10-4-2-1-3-9(10)5-6-14(11)12/h2,4,7,9-11H,1,3,5-6,8H2. The second kappa shape index (κ2) is 3.71. The van der Waals surface area contributed by atoms with Crippen LogP contribution in [0.2, 0.25) is 0 Å². The fourth-order valence-corrected chi connectivity index (χ4v) is 3.39. The Morgan fingerprint density at radius 3 is 3.27 bits per heavy atom. The lowest BCUT2D eigenvalue weighted by molar-refractivity contribution is 0.164. The fourth-order valence-electron chi connectivity index (χ4n) is 3.10. The summed E-state index contributed by atoms with van der Waals surface area (Å²) in [4.78, 5) is 7.82. The molecule has 0 aromatic heterocycles. The van der Waals surface area contributed by atoms with Crippen LogP contribution < -0.4 is 0 Å². The molecule has 3 aliphatic rings. The lowest BCUT2D eigenvalue weighted by Crippen LogP contribution is -2.54. The first-order valence-electron chi connectivity index (χ1n) is 5.82. The first-order valence-corrected chi connectivity index (χ1v) is 6.23. The molecule has 0 spiro atoms. The first kappa shape index (κ1) is 9.52. The lowest BCUT2D eigenvalue weighted by Gasteiger charge is -2.46. The molecule has 0 aromatic carbocycles. The number of aliphatic imine (C=N–C) groups is 1. The Hall–Kier alpha value is -0.700. The quantitative estimate of drug-likeness (QED) is 0.459. The van der Waals surface area contributed by atoms with Gasteiger partial charge in [-0.15, -0.1) is 0 Å². The number of hydrogen-bond donors (Lipinski definition) is 0. The Morgan fingerprint density at radius 1 is 1.40 bits per heavy atom. The predicted octanol–water partition coefficient (Wildman–Crippen LogP) is 2.05. The van der Waals surface area contributed by atoms with E-state index < -0.39 is 0 Å². The second-order valence-electron chi connectivity index (χ2n) is 4.70. The molecule has 0 N–H and O–H groups in total. The van der Waals surface area contributed by atoms with Crippen molar-refractivity contribution < 1.29 is 0 Å². The number of thiocarbonyl (C=S) groups is 1. The van der Waals surface area contributed by atoms with Crippen LogP contribution in [-0.2, 0) is 0 Å². The fraction of sp³-hybridized carbons (Fsp3) is 0.667. The van der Waals surface area contributed by atoms with Crippen molar-refractivity contribution in [3.05, 3.63) is 12.2 Å². The van der Waals surface area contributed by atoms with Crippen molar-refractivity contribution >= 4 is 23.4 Å². The SMILES string of the molecule is S=C1CN=CC2C3C=CCCC3CCN12. The van der Waals surface area contributed by atoms with Crippen LogP contribution in [-0.4, -0.2) is 35.2 Å². The Balaban J connectivity index is 1.91. The Kier molecular flexibility index (Phi) is 2.35. The maximum absolute atomic E-state index is 5.39. The van der Waals surface area contributed by atoms with E-state index in [1.807, 2.05) is 0 Å². The van der Waals surface area contributed by atoms with E-state index in [9.17, 15) is 0 Å². The molecule has 0 aromatic rings. The third-order valence-electron chi connectivity index (χ3n) is 3.91. The van der Waals surface area contributed by atoms with Gasteiger partial charge >= 0.3 is 0 Å². The molecule has 0 saturated carbocycles. The van der Waals surface area contributed by atoms with Gasteiger partial charge in [0.25, 0.3) is 0 Å². The highest BCUT2D eigenvalue weighted by molar-refractivity contribution is 7.80. The molecule has 3 atom stereocenters. The number of rotatable bonds is 0. The monoisotopic (exact) mass is 220 g/mol. The molecular weight excluding hydrogens is 204 g/mol. The third kappa shape index (κ3) is 1.53. The van der Waals surface area contributed by atoms with Gasteiger partial charge in [-0.3, -0.25) is 4.99 Å². The Labute approximate surface area is 96.1 Å². The average molecular weight is 220 g/mol. The Bertz CT molecular complexity index is 335. The molecule has 1 fully saturated rings. The molecule has 2 nitrogen and oxygen atoms in total. The zero-order valence-electron chi connectivity index (χ0n) is 8.80. The zero-order chi connectivity index (χ0) is 10.3. The lowest BCUT2D eigenvalue weighted by atomic mass is 9.74.